The van der Waals surface area contributed by atoms with Gasteiger partial charge in [-0.05, 0) is 36.9 Å². The summed E-state index contributed by atoms with van der Waals surface area (Å²) in [6.07, 6.45) is 2.85. The number of carbonyl (C=O) groups excluding carboxylic acids is 1. The van der Waals surface area contributed by atoms with Crippen molar-refractivity contribution >= 4 is 22.5 Å². The quantitative estimate of drug-likeness (QED) is 0.811. The van der Waals surface area contributed by atoms with E-state index in [1.807, 2.05) is 42.0 Å². The van der Waals surface area contributed by atoms with Crippen molar-refractivity contribution in [1.82, 2.24) is 9.88 Å². The fraction of sp³-hybridized carbons (Fsp3) is 0.357. The highest BCUT2D eigenvalue weighted by Gasteiger charge is 2.08. The lowest BCUT2D eigenvalue weighted by molar-refractivity contribution is -0.122. The summed E-state index contributed by atoms with van der Waals surface area (Å²) in [5.41, 5.74) is 7.48. The highest BCUT2D eigenvalue weighted by Crippen LogP contribution is 2.18. The minimum atomic E-state index is 0.0317. The molecule has 3 N–H and O–H groups in total. The van der Waals surface area contributed by atoms with E-state index >= 15 is 0 Å². The molecule has 1 heterocycles. The van der Waals surface area contributed by atoms with Crippen LogP contribution in [-0.4, -0.2) is 16.5 Å². The molecule has 0 aliphatic rings. The summed E-state index contributed by atoms with van der Waals surface area (Å²) < 4.78 is 1.92. The molecule has 0 spiro atoms. The van der Waals surface area contributed by atoms with Crippen LogP contribution in [0.5, 0.6) is 0 Å². The van der Waals surface area contributed by atoms with Crippen molar-refractivity contribution in [2.75, 3.05) is 5.73 Å². The number of fused-ring (bicyclic) bond motifs is 1. The third kappa shape index (κ3) is 2.64. The maximum Gasteiger partial charge on any atom is 0.240 e. The number of nitrogens with one attached hydrogen (secondary N) is 1. The third-order valence-electron chi connectivity index (χ3n) is 3.13. The number of nitrogens with zero attached hydrogens (tertiary/aromatic N) is 1. The van der Waals surface area contributed by atoms with Crippen LogP contribution in [0, 0.1) is 0 Å². The van der Waals surface area contributed by atoms with Crippen molar-refractivity contribution in [3.05, 3.63) is 30.5 Å². The zero-order chi connectivity index (χ0) is 13.1. The maximum atomic E-state index is 11.8. The van der Waals surface area contributed by atoms with Crippen LogP contribution >= 0.6 is 0 Å². The first-order valence-corrected chi connectivity index (χ1v) is 6.24. The van der Waals surface area contributed by atoms with Gasteiger partial charge in [-0.15, -0.1) is 0 Å². The van der Waals surface area contributed by atoms with Gasteiger partial charge in [-0.3, -0.25) is 4.79 Å². The number of rotatable bonds is 4. The number of carbonyl (C=O) groups is 1. The molecule has 0 fully saturated rings. The normalized spacial score (nSPS) is 12.6. The summed E-state index contributed by atoms with van der Waals surface area (Å²) in [6.45, 7) is 4.39. The van der Waals surface area contributed by atoms with E-state index in [1.165, 1.54) is 0 Å². The van der Waals surface area contributed by atoms with E-state index in [9.17, 15) is 4.79 Å². The van der Waals surface area contributed by atoms with E-state index < -0.39 is 0 Å². The van der Waals surface area contributed by atoms with E-state index in [0.717, 1.165) is 17.3 Å². The van der Waals surface area contributed by atoms with Gasteiger partial charge in [0.15, 0.2) is 0 Å². The molecule has 4 heteroatoms. The van der Waals surface area contributed by atoms with Crippen LogP contribution in [0.25, 0.3) is 10.9 Å². The highest BCUT2D eigenvalue weighted by atomic mass is 16.2. The van der Waals surface area contributed by atoms with Gasteiger partial charge in [0.1, 0.15) is 6.54 Å². The molecule has 4 nitrogen and oxygen atoms in total. The summed E-state index contributed by atoms with van der Waals surface area (Å²) in [4.78, 5) is 11.8. The summed E-state index contributed by atoms with van der Waals surface area (Å²) in [6, 6.07) is 7.93. The van der Waals surface area contributed by atoms with Gasteiger partial charge in [0.25, 0.3) is 0 Å². The molecule has 1 aromatic heterocycles. The van der Waals surface area contributed by atoms with Crippen molar-refractivity contribution in [1.29, 1.82) is 0 Å². The first kappa shape index (κ1) is 12.5. The van der Waals surface area contributed by atoms with Crippen LogP contribution in [0.2, 0.25) is 0 Å². The molecule has 1 amide bonds. The molecule has 1 atom stereocenters. The Morgan fingerprint density at radius 1 is 1.44 bits per heavy atom. The first-order chi connectivity index (χ1) is 8.60. The second-order valence-corrected chi connectivity index (χ2v) is 4.64. The van der Waals surface area contributed by atoms with E-state index in [2.05, 4.69) is 12.2 Å². The van der Waals surface area contributed by atoms with Gasteiger partial charge in [-0.1, -0.05) is 13.0 Å². The number of nitrogens with two attached hydrogens (primary N) is 1. The van der Waals surface area contributed by atoms with Gasteiger partial charge in [0.2, 0.25) is 5.91 Å². The Bertz CT molecular complexity index is 559. The summed E-state index contributed by atoms with van der Waals surface area (Å²) >= 11 is 0. The number of anilines is 1. The minimum absolute atomic E-state index is 0.0317. The summed E-state index contributed by atoms with van der Waals surface area (Å²) in [5.74, 6) is 0.0317. The Hall–Kier alpha value is -1.97. The zero-order valence-corrected chi connectivity index (χ0v) is 10.8. The molecule has 1 unspecified atom stereocenters. The van der Waals surface area contributed by atoms with Crippen LogP contribution in [0.1, 0.15) is 20.3 Å². The molecule has 2 aromatic rings. The van der Waals surface area contributed by atoms with Crippen molar-refractivity contribution in [3.63, 3.8) is 0 Å². The Labute approximate surface area is 107 Å². The smallest absolute Gasteiger partial charge is 0.240 e. The SMILES string of the molecule is CCC(C)NC(=O)Cn1ccc2ccc(N)cc21. The van der Waals surface area contributed by atoms with Crippen LogP contribution in [0.15, 0.2) is 30.5 Å². The second kappa shape index (κ2) is 5.12. The molecular formula is C14H19N3O. The van der Waals surface area contributed by atoms with Crippen molar-refractivity contribution in [2.24, 2.45) is 0 Å². The molecular weight excluding hydrogens is 226 g/mol. The molecule has 18 heavy (non-hydrogen) atoms. The summed E-state index contributed by atoms with van der Waals surface area (Å²) in [7, 11) is 0. The average molecular weight is 245 g/mol. The first-order valence-electron chi connectivity index (χ1n) is 6.24. The lowest BCUT2D eigenvalue weighted by Gasteiger charge is -2.12. The topological polar surface area (TPSA) is 60.0 Å². The average Bonchev–Trinajstić information content (AvgIpc) is 2.71. The van der Waals surface area contributed by atoms with Crippen LogP contribution < -0.4 is 11.1 Å². The Morgan fingerprint density at radius 3 is 2.94 bits per heavy atom. The third-order valence-corrected chi connectivity index (χ3v) is 3.13. The fourth-order valence-electron chi connectivity index (χ4n) is 1.92. The fourth-order valence-corrected chi connectivity index (χ4v) is 1.92. The predicted octanol–water partition coefficient (Wildman–Crippen LogP) is 2.14. The van der Waals surface area contributed by atoms with Gasteiger partial charge in [0, 0.05) is 17.9 Å². The van der Waals surface area contributed by atoms with Crippen LogP contribution in [0.4, 0.5) is 5.69 Å². The molecule has 2 rings (SSSR count). The number of hydrogen-bond donors (Lipinski definition) is 2. The Balaban J connectivity index is 2.16. The molecule has 1 aromatic carbocycles. The van der Waals surface area contributed by atoms with Crippen LogP contribution in [0.3, 0.4) is 0 Å². The van der Waals surface area contributed by atoms with Crippen LogP contribution in [-0.2, 0) is 11.3 Å². The molecule has 0 aliphatic carbocycles. The van der Waals surface area contributed by atoms with Crippen molar-refractivity contribution in [2.45, 2.75) is 32.9 Å². The number of benzene rings is 1. The molecule has 0 aliphatic heterocycles. The van der Waals surface area contributed by atoms with E-state index in [4.69, 9.17) is 5.73 Å². The lowest BCUT2D eigenvalue weighted by Crippen LogP contribution is -2.34. The van der Waals surface area contributed by atoms with Crippen molar-refractivity contribution < 1.29 is 4.79 Å². The largest absolute Gasteiger partial charge is 0.399 e. The minimum Gasteiger partial charge on any atom is -0.399 e. The molecule has 0 saturated carbocycles. The van der Waals surface area contributed by atoms with Gasteiger partial charge in [0.05, 0.1) is 5.52 Å². The van der Waals surface area contributed by atoms with Gasteiger partial charge in [-0.2, -0.15) is 0 Å². The standard InChI is InChI=1S/C14H19N3O/c1-3-10(2)16-14(18)9-17-7-6-11-4-5-12(15)8-13(11)17/h4-8,10H,3,9,15H2,1-2H3,(H,16,18). The Kier molecular flexibility index (Phi) is 3.55. The highest BCUT2D eigenvalue weighted by molar-refractivity contribution is 5.85. The summed E-state index contributed by atoms with van der Waals surface area (Å²) in [5, 5.41) is 4.05. The Morgan fingerprint density at radius 2 is 2.22 bits per heavy atom. The maximum absolute atomic E-state index is 11.8. The van der Waals surface area contributed by atoms with E-state index in [1.54, 1.807) is 0 Å². The van der Waals surface area contributed by atoms with E-state index in [0.29, 0.717) is 12.2 Å². The second-order valence-electron chi connectivity index (χ2n) is 4.64. The lowest BCUT2D eigenvalue weighted by atomic mass is 10.2. The predicted molar refractivity (Wildman–Crippen MR) is 74.2 cm³/mol. The number of hydrogen-bond acceptors (Lipinski definition) is 2. The molecule has 96 valence electrons. The number of aromatic nitrogens is 1. The number of amides is 1. The molecule has 0 bridgehead atoms. The zero-order valence-electron chi connectivity index (χ0n) is 10.8. The molecule has 0 radical (unpaired) electrons. The number of nitrogen functional groups attached to an aromatic ring is 1. The monoisotopic (exact) mass is 245 g/mol. The van der Waals surface area contributed by atoms with Gasteiger partial charge >= 0.3 is 0 Å². The van der Waals surface area contributed by atoms with Gasteiger partial charge in [-0.25, -0.2) is 0 Å². The van der Waals surface area contributed by atoms with Crippen molar-refractivity contribution in [3.8, 4) is 0 Å². The van der Waals surface area contributed by atoms with E-state index in [-0.39, 0.29) is 11.9 Å². The molecule has 0 saturated heterocycles. The van der Waals surface area contributed by atoms with Gasteiger partial charge < -0.3 is 15.6 Å².